The summed E-state index contributed by atoms with van der Waals surface area (Å²) in [6, 6.07) is 7.47. The summed E-state index contributed by atoms with van der Waals surface area (Å²) >= 11 is 0. The largest absolute Gasteiger partial charge is 0.376 e. The van der Waals surface area contributed by atoms with Gasteiger partial charge in [-0.3, -0.25) is 15.0 Å². The third kappa shape index (κ3) is 3.38. The smallest absolute Gasteiger partial charge is 0.161 e. The highest BCUT2D eigenvalue weighted by Gasteiger charge is 2.23. The number of halogens is 1. The lowest BCUT2D eigenvalue weighted by Gasteiger charge is -2.13. The molecule has 0 atom stereocenters. The average Bonchev–Trinajstić information content (AvgIpc) is 3.46. The first-order chi connectivity index (χ1) is 17.0. The summed E-state index contributed by atoms with van der Waals surface area (Å²) in [7, 11) is 5.56. The second-order valence-electron chi connectivity index (χ2n) is 8.37. The SMILES string of the molecule is CN(C)c1cncc(-c2cnc3c(c(-c4nc5c(-c6cccnc6)nccc5[nH]4)nn3C)c2F)c1. The standard InChI is InChI=1S/C25H20FN9/c1-34(2)16-9-15(11-28-12-16)17-13-30-25-19(20(17)26)23(33-35(25)3)24-31-18-6-8-29-21(22(18)32-24)14-5-4-7-27-10-14/h4-13H,1-3H3,(H,31,32). The van der Waals surface area contributed by atoms with E-state index in [2.05, 4.69) is 30.0 Å². The van der Waals surface area contributed by atoms with Gasteiger partial charge in [-0.05, 0) is 24.3 Å². The molecule has 9 nitrogen and oxygen atoms in total. The fourth-order valence-electron chi connectivity index (χ4n) is 4.13. The van der Waals surface area contributed by atoms with Gasteiger partial charge in [-0.25, -0.2) is 19.0 Å². The Hall–Kier alpha value is -4.73. The number of nitrogens with one attached hydrogen (secondary N) is 1. The van der Waals surface area contributed by atoms with Crippen LogP contribution in [-0.2, 0) is 7.05 Å². The summed E-state index contributed by atoms with van der Waals surface area (Å²) in [5, 5.41) is 4.85. The molecule has 0 aliphatic carbocycles. The van der Waals surface area contributed by atoms with E-state index in [0.717, 1.165) is 16.8 Å². The van der Waals surface area contributed by atoms with Crippen LogP contribution in [-0.4, -0.2) is 53.8 Å². The number of imidazole rings is 1. The summed E-state index contributed by atoms with van der Waals surface area (Å²) in [5.74, 6) is 0.00336. The maximum Gasteiger partial charge on any atom is 0.161 e. The van der Waals surface area contributed by atoms with E-state index in [1.165, 1.54) is 6.20 Å². The molecule has 0 saturated carbocycles. The Morgan fingerprint density at radius 3 is 2.60 bits per heavy atom. The van der Waals surface area contributed by atoms with E-state index in [-0.39, 0.29) is 5.39 Å². The van der Waals surface area contributed by atoms with E-state index in [1.807, 2.05) is 43.3 Å². The number of aromatic amines is 1. The van der Waals surface area contributed by atoms with E-state index < -0.39 is 5.82 Å². The zero-order valence-corrected chi connectivity index (χ0v) is 19.2. The first kappa shape index (κ1) is 20.8. The van der Waals surface area contributed by atoms with E-state index in [1.54, 1.807) is 42.7 Å². The molecule has 35 heavy (non-hydrogen) atoms. The lowest BCUT2D eigenvalue weighted by molar-refractivity contribution is 0.642. The summed E-state index contributed by atoms with van der Waals surface area (Å²) in [6.45, 7) is 0. The van der Waals surface area contributed by atoms with Crippen molar-refractivity contribution in [1.82, 2.24) is 39.7 Å². The van der Waals surface area contributed by atoms with Gasteiger partial charge in [0.15, 0.2) is 11.5 Å². The summed E-state index contributed by atoms with van der Waals surface area (Å²) in [6.07, 6.45) is 10.0. The molecule has 6 rings (SSSR count). The van der Waals surface area contributed by atoms with Gasteiger partial charge in [-0.2, -0.15) is 5.10 Å². The third-order valence-electron chi connectivity index (χ3n) is 5.90. The third-order valence-corrected chi connectivity index (χ3v) is 5.90. The maximum atomic E-state index is 16.0. The van der Waals surface area contributed by atoms with Gasteiger partial charge >= 0.3 is 0 Å². The molecular weight excluding hydrogens is 445 g/mol. The predicted molar refractivity (Wildman–Crippen MR) is 132 cm³/mol. The second kappa shape index (κ2) is 7.94. The highest BCUT2D eigenvalue weighted by molar-refractivity contribution is 5.96. The number of nitrogens with zero attached hydrogens (tertiary/aromatic N) is 8. The Morgan fingerprint density at radius 2 is 1.80 bits per heavy atom. The van der Waals surface area contributed by atoms with Gasteiger partial charge < -0.3 is 9.88 Å². The van der Waals surface area contributed by atoms with Crippen LogP contribution in [0.3, 0.4) is 0 Å². The van der Waals surface area contributed by atoms with Crippen molar-refractivity contribution >= 4 is 27.8 Å². The number of rotatable bonds is 4. The maximum absolute atomic E-state index is 16.0. The highest BCUT2D eigenvalue weighted by Crippen LogP contribution is 2.35. The first-order valence-corrected chi connectivity index (χ1v) is 10.9. The van der Waals surface area contributed by atoms with Crippen molar-refractivity contribution in [3.63, 3.8) is 0 Å². The quantitative estimate of drug-likeness (QED) is 0.416. The van der Waals surface area contributed by atoms with Crippen LogP contribution in [0, 0.1) is 5.82 Å². The molecule has 6 aromatic heterocycles. The number of hydrogen-bond donors (Lipinski definition) is 1. The first-order valence-electron chi connectivity index (χ1n) is 10.9. The molecule has 0 aromatic carbocycles. The van der Waals surface area contributed by atoms with Gasteiger partial charge in [0, 0.05) is 68.8 Å². The Bertz CT molecular complexity index is 1700. The normalized spacial score (nSPS) is 11.4. The number of aromatic nitrogens is 8. The van der Waals surface area contributed by atoms with E-state index in [0.29, 0.717) is 39.5 Å². The molecule has 6 aromatic rings. The molecule has 172 valence electrons. The zero-order chi connectivity index (χ0) is 24.1. The van der Waals surface area contributed by atoms with Gasteiger partial charge in [0.25, 0.3) is 0 Å². The van der Waals surface area contributed by atoms with Crippen molar-refractivity contribution in [2.75, 3.05) is 19.0 Å². The molecule has 0 aliphatic heterocycles. The average molecular weight is 465 g/mol. The topological polar surface area (TPSA) is 101 Å². The minimum atomic E-state index is -0.429. The molecule has 0 fully saturated rings. The lowest BCUT2D eigenvalue weighted by atomic mass is 10.1. The van der Waals surface area contributed by atoms with Crippen LogP contribution >= 0.6 is 0 Å². The monoisotopic (exact) mass is 465 g/mol. The minimum absolute atomic E-state index is 0.287. The van der Waals surface area contributed by atoms with Gasteiger partial charge in [0.1, 0.15) is 17.0 Å². The van der Waals surface area contributed by atoms with Gasteiger partial charge in [0.2, 0.25) is 0 Å². The van der Waals surface area contributed by atoms with Crippen molar-refractivity contribution in [2.45, 2.75) is 0 Å². The molecule has 0 radical (unpaired) electrons. The van der Waals surface area contributed by atoms with Crippen molar-refractivity contribution in [2.24, 2.45) is 7.05 Å². The number of fused-ring (bicyclic) bond motifs is 2. The van der Waals surface area contributed by atoms with E-state index >= 15 is 4.39 Å². The lowest BCUT2D eigenvalue weighted by Crippen LogP contribution is -2.08. The highest BCUT2D eigenvalue weighted by atomic mass is 19.1. The van der Waals surface area contributed by atoms with Crippen LogP contribution in [0.15, 0.2) is 61.4 Å². The Kier molecular flexibility index (Phi) is 4.73. The number of hydrogen-bond acceptors (Lipinski definition) is 7. The number of H-pyrrole nitrogens is 1. The van der Waals surface area contributed by atoms with Crippen molar-refractivity contribution in [3.05, 3.63) is 67.3 Å². The van der Waals surface area contributed by atoms with Crippen LogP contribution < -0.4 is 4.90 Å². The van der Waals surface area contributed by atoms with Gasteiger partial charge in [0.05, 0.1) is 28.5 Å². The van der Waals surface area contributed by atoms with Gasteiger partial charge in [-0.15, -0.1) is 0 Å². The van der Waals surface area contributed by atoms with Crippen LogP contribution in [0.4, 0.5) is 10.1 Å². The van der Waals surface area contributed by atoms with Crippen LogP contribution in [0.25, 0.3) is 56.0 Å². The number of aryl methyl sites for hydroxylation is 1. The molecule has 0 unspecified atom stereocenters. The Morgan fingerprint density at radius 1 is 0.943 bits per heavy atom. The van der Waals surface area contributed by atoms with Gasteiger partial charge in [-0.1, -0.05) is 0 Å². The predicted octanol–water partition coefficient (Wildman–Crippen LogP) is 4.24. The molecular formula is C25H20FN9. The van der Waals surface area contributed by atoms with Crippen LogP contribution in [0.2, 0.25) is 0 Å². The van der Waals surface area contributed by atoms with E-state index in [9.17, 15) is 0 Å². The summed E-state index contributed by atoms with van der Waals surface area (Å²) in [4.78, 5) is 27.4. The van der Waals surface area contributed by atoms with Crippen molar-refractivity contribution < 1.29 is 4.39 Å². The number of anilines is 1. The van der Waals surface area contributed by atoms with E-state index in [4.69, 9.17) is 4.98 Å². The summed E-state index contributed by atoms with van der Waals surface area (Å²) in [5.41, 5.74) is 5.57. The van der Waals surface area contributed by atoms with Crippen molar-refractivity contribution in [1.29, 1.82) is 0 Å². The Balaban J connectivity index is 1.55. The number of pyridine rings is 4. The molecule has 0 spiro atoms. The molecule has 0 bridgehead atoms. The van der Waals surface area contributed by atoms with Crippen LogP contribution in [0.1, 0.15) is 0 Å². The molecule has 10 heteroatoms. The molecule has 0 aliphatic rings. The van der Waals surface area contributed by atoms with Crippen molar-refractivity contribution in [3.8, 4) is 33.9 Å². The Labute approximate surface area is 199 Å². The fourth-order valence-corrected chi connectivity index (χ4v) is 4.13. The molecule has 0 saturated heterocycles. The fraction of sp³-hybridized carbons (Fsp3) is 0.120. The van der Waals surface area contributed by atoms with Crippen LogP contribution in [0.5, 0.6) is 0 Å². The molecule has 1 N–H and O–H groups in total. The molecule has 6 heterocycles. The second-order valence-corrected chi connectivity index (χ2v) is 8.37. The molecule has 0 amide bonds. The minimum Gasteiger partial charge on any atom is -0.376 e. The zero-order valence-electron chi connectivity index (χ0n) is 19.2. The summed E-state index contributed by atoms with van der Waals surface area (Å²) < 4.78 is 17.6.